The van der Waals surface area contributed by atoms with Crippen LogP contribution in [0, 0.1) is 10.1 Å². The minimum atomic E-state index is -0.452. The molecular weight excluding hydrogens is 322 g/mol. The Hall–Kier alpha value is -2.74. The minimum Gasteiger partial charge on any atom is -0.333 e. The lowest BCUT2D eigenvalue weighted by atomic mass is 9.96. The molecule has 1 aliphatic heterocycles. The molecule has 0 bridgehead atoms. The number of carbonyl (C=O) groups is 1. The van der Waals surface area contributed by atoms with Gasteiger partial charge in [0.15, 0.2) is 5.69 Å². The zero-order valence-corrected chi connectivity index (χ0v) is 14.0. The highest BCUT2D eigenvalue weighted by atomic mass is 16.6. The maximum absolute atomic E-state index is 12.8. The molecule has 0 saturated carbocycles. The molecule has 2 heterocycles. The van der Waals surface area contributed by atoms with Gasteiger partial charge in [0.1, 0.15) is 0 Å². The summed E-state index contributed by atoms with van der Waals surface area (Å²) in [6.07, 6.45) is 4.64. The quantitative estimate of drug-likeness (QED) is 0.676. The third-order valence-corrected chi connectivity index (χ3v) is 4.55. The molecule has 8 nitrogen and oxygen atoms in total. The number of likely N-dealkylation sites (tertiary alicyclic amines) is 1. The average molecular weight is 343 g/mol. The highest BCUT2D eigenvalue weighted by molar-refractivity contribution is 5.92. The van der Waals surface area contributed by atoms with Crippen molar-refractivity contribution in [3.63, 3.8) is 0 Å². The van der Waals surface area contributed by atoms with Gasteiger partial charge in [-0.05, 0) is 44.4 Å². The Morgan fingerprint density at radius 3 is 2.68 bits per heavy atom. The molecule has 2 N–H and O–H groups in total. The summed E-state index contributed by atoms with van der Waals surface area (Å²) in [5, 5.41) is 15.1. The molecule has 132 valence electrons. The monoisotopic (exact) mass is 343 g/mol. The van der Waals surface area contributed by atoms with Gasteiger partial charge in [-0.3, -0.25) is 14.9 Å². The van der Waals surface area contributed by atoms with Crippen molar-refractivity contribution in [2.75, 3.05) is 6.54 Å². The van der Waals surface area contributed by atoms with E-state index in [4.69, 9.17) is 5.73 Å². The SMILES string of the molecule is CC(N)C1CCCCN1C(=O)c1ccn(-c2ccc([N+](=O)[O-])cc2)n1. The summed E-state index contributed by atoms with van der Waals surface area (Å²) in [6.45, 7) is 2.61. The van der Waals surface area contributed by atoms with Gasteiger partial charge < -0.3 is 10.6 Å². The van der Waals surface area contributed by atoms with Gasteiger partial charge in [0.25, 0.3) is 11.6 Å². The van der Waals surface area contributed by atoms with Crippen LogP contribution >= 0.6 is 0 Å². The van der Waals surface area contributed by atoms with E-state index in [1.807, 2.05) is 11.8 Å². The number of benzene rings is 1. The van der Waals surface area contributed by atoms with Crippen LogP contribution in [0.4, 0.5) is 5.69 Å². The number of aromatic nitrogens is 2. The summed E-state index contributed by atoms with van der Waals surface area (Å²) < 4.78 is 1.54. The summed E-state index contributed by atoms with van der Waals surface area (Å²) in [5.74, 6) is -0.123. The number of rotatable bonds is 4. The van der Waals surface area contributed by atoms with Crippen LogP contribution in [0.25, 0.3) is 5.69 Å². The van der Waals surface area contributed by atoms with Gasteiger partial charge >= 0.3 is 0 Å². The second-order valence-electron chi connectivity index (χ2n) is 6.34. The van der Waals surface area contributed by atoms with E-state index in [0.29, 0.717) is 17.9 Å². The zero-order chi connectivity index (χ0) is 18.0. The first-order chi connectivity index (χ1) is 12.0. The number of amides is 1. The van der Waals surface area contributed by atoms with E-state index in [1.54, 1.807) is 29.1 Å². The Balaban J connectivity index is 1.80. The van der Waals surface area contributed by atoms with E-state index in [-0.39, 0.29) is 23.7 Å². The van der Waals surface area contributed by atoms with Crippen molar-refractivity contribution in [2.45, 2.75) is 38.3 Å². The zero-order valence-electron chi connectivity index (χ0n) is 14.0. The molecule has 0 radical (unpaired) electrons. The smallest absolute Gasteiger partial charge is 0.274 e. The molecule has 0 spiro atoms. The first kappa shape index (κ1) is 17.1. The van der Waals surface area contributed by atoms with Crippen LogP contribution in [0.1, 0.15) is 36.7 Å². The number of nitro benzene ring substituents is 1. The second-order valence-corrected chi connectivity index (χ2v) is 6.34. The van der Waals surface area contributed by atoms with E-state index in [2.05, 4.69) is 5.10 Å². The molecule has 2 unspecified atom stereocenters. The van der Waals surface area contributed by atoms with Gasteiger partial charge in [0, 0.05) is 37.0 Å². The number of hydrogen-bond donors (Lipinski definition) is 1. The molecule has 1 aromatic carbocycles. The van der Waals surface area contributed by atoms with Crippen molar-refractivity contribution < 1.29 is 9.72 Å². The van der Waals surface area contributed by atoms with Crippen molar-refractivity contribution in [3.05, 3.63) is 52.3 Å². The number of hydrogen-bond acceptors (Lipinski definition) is 5. The molecular formula is C17H21N5O3. The first-order valence-electron chi connectivity index (χ1n) is 8.34. The van der Waals surface area contributed by atoms with Gasteiger partial charge in [-0.15, -0.1) is 0 Å². The summed E-state index contributed by atoms with van der Waals surface area (Å²) in [6, 6.07) is 7.64. The number of nitro groups is 1. The van der Waals surface area contributed by atoms with Gasteiger partial charge in [-0.1, -0.05) is 0 Å². The normalized spacial score (nSPS) is 18.8. The Morgan fingerprint density at radius 1 is 1.32 bits per heavy atom. The van der Waals surface area contributed by atoms with Gasteiger partial charge in [-0.2, -0.15) is 5.10 Å². The number of carbonyl (C=O) groups excluding carboxylic acids is 1. The Morgan fingerprint density at radius 2 is 2.04 bits per heavy atom. The van der Waals surface area contributed by atoms with Crippen LogP contribution in [0.2, 0.25) is 0 Å². The molecule has 2 atom stereocenters. The van der Waals surface area contributed by atoms with E-state index in [9.17, 15) is 14.9 Å². The molecule has 1 fully saturated rings. The lowest BCUT2D eigenvalue weighted by Gasteiger charge is -2.37. The Labute approximate surface area is 145 Å². The fourth-order valence-electron chi connectivity index (χ4n) is 3.21. The van der Waals surface area contributed by atoms with Crippen LogP contribution in [-0.4, -0.2) is 44.1 Å². The maximum atomic E-state index is 12.8. The predicted octanol–water partition coefficient (Wildman–Crippen LogP) is 2.12. The lowest BCUT2D eigenvalue weighted by molar-refractivity contribution is -0.384. The molecule has 1 amide bonds. The summed E-state index contributed by atoms with van der Waals surface area (Å²) >= 11 is 0. The van der Waals surface area contributed by atoms with Crippen LogP contribution < -0.4 is 5.73 Å². The van der Waals surface area contributed by atoms with E-state index in [0.717, 1.165) is 19.3 Å². The van der Waals surface area contributed by atoms with Gasteiger partial charge in [0.2, 0.25) is 0 Å². The van der Waals surface area contributed by atoms with Crippen molar-refractivity contribution >= 4 is 11.6 Å². The van der Waals surface area contributed by atoms with Crippen molar-refractivity contribution in [1.82, 2.24) is 14.7 Å². The van der Waals surface area contributed by atoms with E-state index in [1.165, 1.54) is 12.1 Å². The minimum absolute atomic E-state index is 0.0142. The number of nitrogens with two attached hydrogens (primary N) is 1. The standard InChI is InChI=1S/C17H21N5O3/c1-12(18)16-4-2-3-10-20(16)17(23)15-9-11-21(19-15)13-5-7-14(8-6-13)22(24)25/h5-9,11-12,16H,2-4,10,18H2,1H3. The molecule has 3 rings (SSSR count). The van der Waals surface area contributed by atoms with Crippen molar-refractivity contribution in [1.29, 1.82) is 0 Å². The fourth-order valence-corrected chi connectivity index (χ4v) is 3.21. The highest BCUT2D eigenvalue weighted by Crippen LogP contribution is 2.21. The van der Waals surface area contributed by atoms with Crippen LogP contribution in [0.3, 0.4) is 0 Å². The summed E-state index contributed by atoms with van der Waals surface area (Å²) in [5.41, 5.74) is 7.06. The molecule has 1 aliphatic rings. The van der Waals surface area contributed by atoms with Gasteiger partial charge in [0.05, 0.1) is 10.6 Å². The molecule has 8 heteroatoms. The van der Waals surface area contributed by atoms with Crippen molar-refractivity contribution in [3.8, 4) is 5.69 Å². The van der Waals surface area contributed by atoms with Crippen LogP contribution in [0.5, 0.6) is 0 Å². The third-order valence-electron chi connectivity index (χ3n) is 4.55. The maximum Gasteiger partial charge on any atom is 0.274 e. The first-order valence-corrected chi connectivity index (χ1v) is 8.34. The summed E-state index contributed by atoms with van der Waals surface area (Å²) in [7, 11) is 0. The van der Waals surface area contributed by atoms with Gasteiger partial charge in [-0.25, -0.2) is 4.68 Å². The lowest BCUT2D eigenvalue weighted by Crippen LogP contribution is -2.51. The molecule has 2 aromatic rings. The number of non-ortho nitro benzene ring substituents is 1. The topological polar surface area (TPSA) is 107 Å². The highest BCUT2D eigenvalue weighted by Gasteiger charge is 2.30. The summed E-state index contributed by atoms with van der Waals surface area (Å²) in [4.78, 5) is 24.9. The molecule has 1 aromatic heterocycles. The Kier molecular flexibility index (Phi) is 4.80. The largest absolute Gasteiger partial charge is 0.333 e. The molecule has 1 saturated heterocycles. The van der Waals surface area contributed by atoms with Crippen LogP contribution in [-0.2, 0) is 0 Å². The average Bonchev–Trinajstić information content (AvgIpc) is 3.11. The fraction of sp³-hybridized carbons (Fsp3) is 0.412. The number of piperidine rings is 1. The predicted molar refractivity (Wildman–Crippen MR) is 92.5 cm³/mol. The molecule has 0 aliphatic carbocycles. The molecule has 25 heavy (non-hydrogen) atoms. The van der Waals surface area contributed by atoms with Crippen LogP contribution in [0.15, 0.2) is 36.5 Å². The Bertz CT molecular complexity index is 769. The second kappa shape index (κ2) is 7.02. The van der Waals surface area contributed by atoms with Crippen molar-refractivity contribution in [2.24, 2.45) is 5.73 Å². The third kappa shape index (κ3) is 3.53. The van der Waals surface area contributed by atoms with E-state index < -0.39 is 4.92 Å². The number of nitrogens with zero attached hydrogens (tertiary/aromatic N) is 4. The van der Waals surface area contributed by atoms with E-state index >= 15 is 0 Å².